The molecule has 5 nitrogen and oxygen atoms in total. The van der Waals surface area contributed by atoms with E-state index >= 15 is 0 Å². The normalized spacial score (nSPS) is 15.8. The summed E-state index contributed by atoms with van der Waals surface area (Å²) < 4.78 is 13.0. The van der Waals surface area contributed by atoms with E-state index in [9.17, 15) is 4.39 Å². The summed E-state index contributed by atoms with van der Waals surface area (Å²) in [5, 5.41) is 10.8. The molecule has 0 radical (unpaired) electrons. The standard InChI is InChI=1S/C19H20FN5S/c20-16-4-2-15(3-5-16)18-6-7-19(23-22-18)25-9-1-8-24(10-11-25)12-17-13-26-14-21-17/h2-7,13-14H,1,8-12H2. The second-order valence-corrected chi connectivity index (χ2v) is 7.10. The summed E-state index contributed by atoms with van der Waals surface area (Å²) in [6.07, 6.45) is 1.09. The number of rotatable bonds is 4. The van der Waals surface area contributed by atoms with Gasteiger partial charge in [0.25, 0.3) is 0 Å². The highest BCUT2D eigenvalue weighted by atomic mass is 32.1. The fraction of sp³-hybridized carbons (Fsp3) is 0.316. The number of nitrogens with zero attached hydrogens (tertiary/aromatic N) is 5. The first-order valence-electron chi connectivity index (χ1n) is 8.72. The monoisotopic (exact) mass is 369 g/mol. The first-order chi connectivity index (χ1) is 12.8. The molecule has 0 N–H and O–H groups in total. The molecule has 1 aromatic carbocycles. The van der Waals surface area contributed by atoms with Gasteiger partial charge in [-0.1, -0.05) is 0 Å². The lowest BCUT2D eigenvalue weighted by Crippen LogP contribution is -2.31. The number of benzene rings is 1. The molecule has 3 heterocycles. The largest absolute Gasteiger partial charge is 0.354 e. The van der Waals surface area contributed by atoms with E-state index in [0.29, 0.717) is 0 Å². The van der Waals surface area contributed by atoms with E-state index < -0.39 is 0 Å². The molecule has 0 amide bonds. The number of thiazole rings is 1. The summed E-state index contributed by atoms with van der Waals surface area (Å²) in [7, 11) is 0. The molecular formula is C19H20FN5S. The van der Waals surface area contributed by atoms with Crippen LogP contribution in [-0.4, -0.2) is 46.3 Å². The smallest absolute Gasteiger partial charge is 0.151 e. The van der Waals surface area contributed by atoms with Gasteiger partial charge < -0.3 is 4.90 Å². The van der Waals surface area contributed by atoms with Crippen molar-refractivity contribution >= 4 is 17.2 Å². The summed E-state index contributed by atoms with van der Waals surface area (Å²) in [5.74, 6) is 0.650. The van der Waals surface area contributed by atoms with Crippen molar-refractivity contribution in [2.75, 3.05) is 31.1 Å². The van der Waals surface area contributed by atoms with Gasteiger partial charge in [0.1, 0.15) is 5.82 Å². The van der Waals surface area contributed by atoms with Gasteiger partial charge in [-0.3, -0.25) is 4.90 Å². The molecule has 2 aromatic heterocycles. The lowest BCUT2D eigenvalue weighted by Gasteiger charge is -2.22. The molecule has 0 unspecified atom stereocenters. The molecule has 3 aromatic rings. The molecule has 134 valence electrons. The van der Waals surface area contributed by atoms with Crippen LogP contribution in [0.25, 0.3) is 11.3 Å². The van der Waals surface area contributed by atoms with Gasteiger partial charge in [0.2, 0.25) is 0 Å². The third kappa shape index (κ3) is 4.05. The maximum absolute atomic E-state index is 13.0. The highest BCUT2D eigenvalue weighted by Crippen LogP contribution is 2.20. The SMILES string of the molecule is Fc1ccc(-c2ccc(N3CCCN(Cc4cscn4)CC3)nn2)cc1. The van der Waals surface area contributed by atoms with Crippen molar-refractivity contribution in [3.8, 4) is 11.3 Å². The Hall–Kier alpha value is -2.38. The van der Waals surface area contributed by atoms with Crippen LogP contribution < -0.4 is 4.90 Å². The van der Waals surface area contributed by atoms with E-state index in [-0.39, 0.29) is 5.82 Å². The van der Waals surface area contributed by atoms with Gasteiger partial charge in [0.15, 0.2) is 5.82 Å². The zero-order valence-corrected chi connectivity index (χ0v) is 15.2. The van der Waals surface area contributed by atoms with Crippen molar-refractivity contribution in [3.63, 3.8) is 0 Å². The Morgan fingerprint density at radius 2 is 1.85 bits per heavy atom. The number of aromatic nitrogens is 3. The minimum Gasteiger partial charge on any atom is -0.354 e. The quantitative estimate of drug-likeness (QED) is 0.705. The second kappa shape index (κ2) is 7.88. The third-order valence-corrected chi connectivity index (χ3v) is 5.21. The van der Waals surface area contributed by atoms with Crippen molar-refractivity contribution in [2.45, 2.75) is 13.0 Å². The van der Waals surface area contributed by atoms with Crippen molar-refractivity contribution < 1.29 is 4.39 Å². The molecule has 0 bridgehead atoms. The van der Waals surface area contributed by atoms with Crippen molar-refractivity contribution in [3.05, 3.63) is 58.8 Å². The highest BCUT2D eigenvalue weighted by molar-refractivity contribution is 7.07. The number of anilines is 1. The molecule has 7 heteroatoms. The average molecular weight is 369 g/mol. The number of hydrogen-bond acceptors (Lipinski definition) is 6. The summed E-state index contributed by atoms with van der Waals surface area (Å²) in [5.41, 5.74) is 4.66. The molecule has 1 aliphatic rings. The summed E-state index contributed by atoms with van der Waals surface area (Å²) in [6, 6.07) is 10.3. The molecule has 4 rings (SSSR count). The molecule has 1 fully saturated rings. The second-order valence-electron chi connectivity index (χ2n) is 6.38. The maximum atomic E-state index is 13.0. The first-order valence-corrected chi connectivity index (χ1v) is 9.66. The van der Waals surface area contributed by atoms with Gasteiger partial charge in [-0.25, -0.2) is 9.37 Å². The molecule has 0 atom stereocenters. The Morgan fingerprint density at radius 1 is 0.962 bits per heavy atom. The van der Waals surface area contributed by atoms with Crippen LogP contribution in [0.2, 0.25) is 0 Å². The van der Waals surface area contributed by atoms with Gasteiger partial charge in [0, 0.05) is 43.7 Å². The molecule has 0 saturated carbocycles. The average Bonchev–Trinajstić information content (AvgIpc) is 3.07. The molecule has 0 aliphatic carbocycles. The van der Waals surface area contributed by atoms with E-state index in [0.717, 1.165) is 61.9 Å². The fourth-order valence-corrected chi connectivity index (χ4v) is 3.72. The Bertz CT molecular complexity index is 820. The van der Waals surface area contributed by atoms with Gasteiger partial charge >= 0.3 is 0 Å². The lowest BCUT2D eigenvalue weighted by molar-refractivity contribution is 0.282. The van der Waals surface area contributed by atoms with E-state index in [1.165, 1.54) is 12.1 Å². The maximum Gasteiger partial charge on any atom is 0.151 e. The van der Waals surface area contributed by atoms with Crippen molar-refractivity contribution in [2.24, 2.45) is 0 Å². The number of hydrogen-bond donors (Lipinski definition) is 0. The Morgan fingerprint density at radius 3 is 2.58 bits per heavy atom. The molecule has 0 spiro atoms. The summed E-state index contributed by atoms with van der Waals surface area (Å²) in [6.45, 7) is 4.85. The molecular weight excluding hydrogens is 349 g/mol. The van der Waals surface area contributed by atoms with Crippen LogP contribution in [0.15, 0.2) is 47.3 Å². The van der Waals surface area contributed by atoms with Crippen LogP contribution in [0.5, 0.6) is 0 Å². The first kappa shape index (κ1) is 17.1. The molecule has 1 saturated heterocycles. The fourth-order valence-electron chi connectivity index (χ4n) is 3.17. The number of halogens is 1. The Balaban J connectivity index is 1.40. The van der Waals surface area contributed by atoms with E-state index in [2.05, 4.69) is 30.4 Å². The van der Waals surface area contributed by atoms with Crippen molar-refractivity contribution in [1.29, 1.82) is 0 Å². The minimum atomic E-state index is -0.245. The van der Waals surface area contributed by atoms with Crippen LogP contribution in [0, 0.1) is 5.82 Å². The predicted octanol–water partition coefficient (Wildman–Crippen LogP) is 3.45. The van der Waals surface area contributed by atoms with Crippen LogP contribution in [0.1, 0.15) is 12.1 Å². The van der Waals surface area contributed by atoms with Gasteiger partial charge in [-0.05, 0) is 42.8 Å². The molecule has 1 aliphatic heterocycles. The van der Waals surface area contributed by atoms with E-state index in [4.69, 9.17) is 0 Å². The van der Waals surface area contributed by atoms with Gasteiger partial charge in [0.05, 0.1) is 16.9 Å². The Labute approximate surface area is 156 Å². The zero-order valence-electron chi connectivity index (χ0n) is 14.4. The zero-order chi connectivity index (χ0) is 17.8. The van der Waals surface area contributed by atoms with Gasteiger partial charge in [-0.2, -0.15) is 0 Å². The summed E-state index contributed by atoms with van der Waals surface area (Å²) >= 11 is 1.64. The summed E-state index contributed by atoms with van der Waals surface area (Å²) in [4.78, 5) is 9.10. The van der Waals surface area contributed by atoms with Crippen LogP contribution >= 0.6 is 11.3 Å². The van der Waals surface area contributed by atoms with Gasteiger partial charge in [-0.15, -0.1) is 21.5 Å². The topological polar surface area (TPSA) is 45.2 Å². The van der Waals surface area contributed by atoms with Crippen LogP contribution in [-0.2, 0) is 6.54 Å². The van der Waals surface area contributed by atoms with Crippen LogP contribution in [0.3, 0.4) is 0 Å². The predicted molar refractivity (Wildman–Crippen MR) is 102 cm³/mol. The van der Waals surface area contributed by atoms with Crippen molar-refractivity contribution in [1.82, 2.24) is 20.1 Å². The third-order valence-electron chi connectivity index (χ3n) is 4.57. The molecule has 26 heavy (non-hydrogen) atoms. The lowest BCUT2D eigenvalue weighted by atomic mass is 10.1. The highest BCUT2D eigenvalue weighted by Gasteiger charge is 2.17. The van der Waals surface area contributed by atoms with Crippen LogP contribution in [0.4, 0.5) is 10.2 Å². The van der Waals surface area contributed by atoms with E-state index in [1.807, 2.05) is 17.6 Å². The Kier molecular flexibility index (Phi) is 5.17. The van der Waals surface area contributed by atoms with E-state index in [1.54, 1.807) is 23.5 Å². The minimum absolute atomic E-state index is 0.245.